The second-order valence-electron chi connectivity index (χ2n) is 4.55. The molecule has 0 radical (unpaired) electrons. The van der Waals surface area contributed by atoms with E-state index in [1.807, 2.05) is 42.5 Å². The van der Waals surface area contributed by atoms with Gasteiger partial charge in [-0.3, -0.25) is 0 Å². The van der Waals surface area contributed by atoms with Gasteiger partial charge in [0, 0.05) is 0 Å². The summed E-state index contributed by atoms with van der Waals surface area (Å²) in [7, 11) is 1.37. The highest BCUT2D eigenvalue weighted by Gasteiger charge is 2.17. The number of methoxy groups -OCH3 is 1. The summed E-state index contributed by atoms with van der Waals surface area (Å²) in [6.45, 7) is 4.12. The van der Waals surface area contributed by atoms with Gasteiger partial charge in [0.05, 0.1) is 7.11 Å². The zero-order valence-electron chi connectivity index (χ0n) is 12.0. The molecule has 0 spiro atoms. The molecular formula is C18H18O3. The lowest BCUT2D eigenvalue weighted by Crippen LogP contribution is -2.09. The Morgan fingerprint density at radius 1 is 1.14 bits per heavy atom. The Bertz CT molecular complexity index is 618. The third-order valence-electron chi connectivity index (χ3n) is 3.10. The van der Waals surface area contributed by atoms with Gasteiger partial charge in [-0.1, -0.05) is 48.5 Å². The van der Waals surface area contributed by atoms with Gasteiger partial charge in [0.25, 0.3) is 0 Å². The summed E-state index contributed by atoms with van der Waals surface area (Å²) in [6.07, 6.45) is 2.34. The van der Waals surface area contributed by atoms with E-state index < -0.39 is 5.97 Å². The number of hydrogen-bond acceptors (Lipinski definition) is 3. The van der Waals surface area contributed by atoms with Crippen molar-refractivity contribution in [1.82, 2.24) is 0 Å². The SMILES string of the molecule is C=CCc1cccc(OCc2ccccc2)c1C(=O)OC. The van der Waals surface area contributed by atoms with E-state index in [-0.39, 0.29) is 0 Å². The second kappa shape index (κ2) is 7.29. The first kappa shape index (κ1) is 14.9. The topological polar surface area (TPSA) is 35.5 Å². The van der Waals surface area contributed by atoms with E-state index in [4.69, 9.17) is 9.47 Å². The number of carbonyl (C=O) groups is 1. The van der Waals surface area contributed by atoms with E-state index in [1.54, 1.807) is 12.1 Å². The quantitative estimate of drug-likeness (QED) is 0.597. The molecule has 0 fully saturated rings. The Kier molecular flexibility index (Phi) is 5.16. The van der Waals surface area contributed by atoms with Crippen molar-refractivity contribution in [2.45, 2.75) is 13.0 Å². The minimum Gasteiger partial charge on any atom is -0.488 e. The third-order valence-corrected chi connectivity index (χ3v) is 3.10. The standard InChI is InChI=1S/C18H18O3/c1-3-8-15-11-7-12-16(17(15)18(19)20-2)21-13-14-9-5-4-6-10-14/h3-7,9-12H,1,8,13H2,2H3. The Morgan fingerprint density at radius 3 is 2.57 bits per heavy atom. The summed E-state index contributed by atoms with van der Waals surface area (Å²) in [5.41, 5.74) is 2.36. The van der Waals surface area contributed by atoms with Crippen LogP contribution in [0.5, 0.6) is 5.75 Å². The van der Waals surface area contributed by atoms with Gasteiger partial charge in [-0.05, 0) is 23.6 Å². The van der Waals surface area contributed by atoms with Crippen LogP contribution in [-0.2, 0) is 17.8 Å². The van der Waals surface area contributed by atoms with Gasteiger partial charge in [0.15, 0.2) is 0 Å². The van der Waals surface area contributed by atoms with Crippen LogP contribution in [0.15, 0.2) is 61.2 Å². The Balaban J connectivity index is 2.27. The van der Waals surface area contributed by atoms with E-state index in [0.717, 1.165) is 11.1 Å². The molecule has 0 atom stereocenters. The average molecular weight is 282 g/mol. The lowest BCUT2D eigenvalue weighted by molar-refractivity contribution is 0.0594. The van der Waals surface area contributed by atoms with Crippen LogP contribution in [0.1, 0.15) is 21.5 Å². The summed E-state index contributed by atoms with van der Waals surface area (Å²) in [6, 6.07) is 15.3. The smallest absolute Gasteiger partial charge is 0.341 e. The fourth-order valence-corrected chi connectivity index (χ4v) is 2.09. The summed E-state index contributed by atoms with van der Waals surface area (Å²) in [4.78, 5) is 12.0. The molecule has 0 bridgehead atoms. The lowest BCUT2D eigenvalue weighted by atomic mass is 10.0. The molecule has 0 heterocycles. The van der Waals surface area contributed by atoms with Crippen LogP contribution in [-0.4, -0.2) is 13.1 Å². The molecule has 2 rings (SSSR count). The molecule has 0 aliphatic carbocycles. The Morgan fingerprint density at radius 2 is 1.90 bits per heavy atom. The molecule has 0 saturated carbocycles. The second-order valence-corrected chi connectivity index (χ2v) is 4.55. The minimum absolute atomic E-state index is 0.393. The van der Waals surface area contributed by atoms with Crippen LogP contribution in [0.25, 0.3) is 0 Å². The molecule has 3 nitrogen and oxygen atoms in total. The van der Waals surface area contributed by atoms with E-state index in [2.05, 4.69) is 6.58 Å². The van der Waals surface area contributed by atoms with Crippen LogP contribution in [0.4, 0.5) is 0 Å². The summed E-state index contributed by atoms with van der Waals surface area (Å²) >= 11 is 0. The molecule has 0 aliphatic heterocycles. The summed E-state index contributed by atoms with van der Waals surface area (Å²) in [5, 5.41) is 0. The number of benzene rings is 2. The van der Waals surface area contributed by atoms with E-state index in [1.165, 1.54) is 7.11 Å². The van der Waals surface area contributed by atoms with E-state index in [9.17, 15) is 4.79 Å². The molecule has 108 valence electrons. The van der Waals surface area contributed by atoms with Crippen LogP contribution in [0, 0.1) is 0 Å². The zero-order valence-corrected chi connectivity index (χ0v) is 12.0. The van der Waals surface area contributed by atoms with Crippen molar-refractivity contribution in [1.29, 1.82) is 0 Å². The van der Waals surface area contributed by atoms with Gasteiger partial charge in [-0.15, -0.1) is 6.58 Å². The van der Waals surface area contributed by atoms with E-state index in [0.29, 0.717) is 24.3 Å². The summed E-state index contributed by atoms with van der Waals surface area (Å²) in [5.74, 6) is 0.139. The molecule has 0 amide bonds. The van der Waals surface area contributed by atoms with Crippen molar-refractivity contribution < 1.29 is 14.3 Å². The van der Waals surface area contributed by atoms with Crippen molar-refractivity contribution in [2.75, 3.05) is 7.11 Å². The maximum Gasteiger partial charge on any atom is 0.341 e. The molecular weight excluding hydrogens is 264 g/mol. The Hall–Kier alpha value is -2.55. The lowest BCUT2D eigenvalue weighted by Gasteiger charge is -2.13. The van der Waals surface area contributed by atoms with Gasteiger partial charge in [0.1, 0.15) is 17.9 Å². The zero-order chi connectivity index (χ0) is 15.1. The van der Waals surface area contributed by atoms with Gasteiger partial charge >= 0.3 is 5.97 Å². The molecule has 3 heteroatoms. The van der Waals surface area contributed by atoms with E-state index >= 15 is 0 Å². The minimum atomic E-state index is -0.393. The van der Waals surface area contributed by atoms with Crippen LogP contribution in [0.2, 0.25) is 0 Å². The predicted octanol–water partition coefficient (Wildman–Crippen LogP) is 3.78. The van der Waals surface area contributed by atoms with Crippen molar-refractivity contribution in [2.24, 2.45) is 0 Å². The highest BCUT2D eigenvalue weighted by atomic mass is 16.5. The first-order valence-electron chi connectivity index (χ1n) is 6.74. The third kappa shape index (κ3) is 3.72. The van der Waals surface area contributed by atoms with Crippen molar-refractivity contribution >= 4 is 5.97 Å². The van der Waals surface area contributed by atoms with Gasteiger partial charge in [-0.25, -0.2) is 4.79 Å². The van der Waals surface area contributed by atoms with Crippen LogP contribution < -0.4 is 4.74 Å². The number of carbonyl (C=O) groups excluding carboxylic acids is 1. The highest BCUT2D eigenvalue weighted by molar-refractivity contribution is 5.94. The number of rotatable bonds is 6. The Labute approximate surface area is 124 Å². The van der Waals surface area contributed by atoms with Crippen molar-refractivity contribution in [3.05, 3.63) is 77.9 Å². The number of ether oxygens (including phenoxy) is 2. The summed E-state index contributed by atoms with van der Waals surface area (Å²) < 4.78 is 10.7. The molecule has 2 aromatic carbocycles. The maximum absolute atomic E-state index is 12.0. The predicted molar refractivity (Wildman–Crippen MR) is 82.5 cm³/mol. The fraction of sp³-hybridized carbons (Fsp3) is 0.167. The molecule has 0 unspecified atom stereocenters. The van der Waals surface area contributed by atoms with Gasteiger partial charge < -0.3 is 9.47 Å². The molecule has 21 heavy (non-hydrogen) atoms. The van der Waals surface area contributed by atoms with Crippen LogP contribution in [0.3, 0.4) is 0 Å². The molecule has 0 aromatic heterocycles. The van der Waals surface area contributed by atoms with Crippen LogP contribution >= 0.6 is 0 Å². The molecule has 2 aromatic rings. The van der Waals surface area contributed by atoms with Gasteiger partial charge in [0.2, 0.25) is 0 Å². The first-order chi connectivity index (χ1) is 10.3. The van der Waals surface area contributed by atoms with Crippen molar-refractivity contribution in [3.8, 4) is 5.75 Å². The number of esters is 1. The molecule has 0 aliphatic rings. The molecule has 0 saturated heterocycles. The fourth-order valence-electron chi connectivity index (χ4n) is 2.09. The largest absolute Gasteiger partial charge is 0.488 e. The highest BCUT2D eigenvalue weighted by Crippen LogP contribution is 2.25. The average Bonchev–Trinajstić information content (AvgIpc) is 2.53. The normalized spacial score (nSPS) is 9.95. The maximum atomic E-state index is 12.0. The monoisotopic (exact) mass is 282 g/mol. The van der Waals surface area contributed by atoms with Crippen molar-refractivity contribution in [3.63, 3.8) is 0 Å². The number of hydrogen-bond donors (Lipinski definition) is 0. The molecule has 0 N–H and O–H groups in total. The number of allylic oxidation sites excluding steroid dienone is 1. The van der Waals surface area contributed by atoms with Gasteiger partial charge in [-0.2, -0.15) is 0 Å². The first-order valence-corrected chi connectivity index (χ1v) is 6.74.